The molecule has 5 aliphatic heterocycles. The average Bonchev–Trinajstić information content (AvgIpc) is 3.89. The summed E-state index contributed by atoms with van der Waals surface area (Å²) >= 11 is 6.15. The molecular weight excluding hydrogens is 781 g/mol. The van der Waals surface area contributed by atoms with Crippen molar-refractivity contribution in [2.75, 3.05) is 49.1 Å². The molecule has 3 unspecified atom stereocenters. The third-order valence-electron chi connectivity index (χ3n) is 12.9. The van der Waals surface area contributed by atoms with Crippen molar-refractivity contribution in [3.8, 4) is 11.8 Å². The largest absolute Gasteiger partial charge is 0.490 e. The van der Waals surface area contributed by atoms with Crippen molar-refractivity contribution in [2.45, 2.75) is 75.6 Å². The third kappa shape index (κ3) is 7.57. The second-order valence-electron chi connectivity index (χ2n) is 16.5. The van der Waals surface area contributed by atoms with Gasteiger partial charge in [0.15, 0.2) is 0 Å². The van der Waals surface area contributed by atoms with E-state index in [1.165, 1.54) is 6.07 Å². The monoisotopic (exact) mass is 823 g/mol. The summed E-state index contributed by atoms with van der Waals surface area (Å²) in [7, 11) is 0. The number of hydrogen-bond acceptors (Lipinski definition) is 12. The Morgan fingerprint density at radius 2 is 1.59 bits per heavy atom. The molecule has 306 valence electrons. The molecule has 2 N–H and O–H groups in total. The number of fused-ring (bicyclic) bond motifs is 2. The summed E-state index contributed by atoms with van der Waals surface area (Å²) in [6.07, 6.45) is 8.04. The summed E-state index contributed by atoms with van der Waals surface area (Å²) in [5.41, 5.74) is 0.974. The molecule has 5 fully saturated rings. The number of piperidine rings is 2. The van der Waals surface area contributed by atoms with Crippen LogP contribution in [0.2, 0.25) is 5.02 Å². The van der Waals surface area contributed by atoms with E-state index in [4.69, 9.17) is 21.6 Å². The van der Waals surface area contributed by atoms with Crippen molar-refractivity contribution in [1.29, 1.82) is 5.26 Å². The van der Waals surface area contributed by atoms with E-state index in [9.17, 15) is 24.0 Å². The van der Waals surface area contributed by atoms with Crippen LogP contribution in [-0.4, -0.2) is 113 Å². The Hall–Kier alpha value is -5.66. The van der Waals surface area contributed by atoms with Gasteiger partial charge in [0.1, 0.15) is 35.2 Å². The molecule has 6 aliphatic rings. The van der Waals surface area contributed by atoms with Gasteiger partial charge in [-0.1, -0.05) is 11.6 Å². The molecule has 5 amide bonds. The molecule has 3 atom stereocenters. The molecule has 1 saturated carbocycles. The number of ether oxygens (including phenoxy) is 1. The van der Waals surface area contributed by atoms with Crippen LogP contribution < -0.4 is 25.2 Å². The predicted molar refractivity (Wildman–Crippen MR) is 211 cm³/mol. The van der Waals surface area contributed by atoms with Crippen LogP contribution in [0.5, 0.6) is 5.75 Å². The Labute approximate surface area is 344 Å². The lowest BCUT2D eigenvalue weighted by Crippen LogP contribution is -2.54. The van der Waals surface area contributed by atoms with Crippen LogP contribution in [0.15, 0.2) is 42.7 Å². The number of hydrogen-bond donors (Lipinski definition) is 2. The van der Waals surface area contributed by atoms with Crippen molar-refractivity contribution in [3.05, 3.63) is 75.9 Å². The normalized spacial score (nSPS) is 26.1. The van der Waals surface area contributed by atoms with Crippen LogP contribution in [0.3, 0.4) is 0 Å². The number of likely N-dealkylation sites (tertiary alicyclic amines) is 1. The highest BCUT2D eigenvalue weighted by Crippen LogP contribution is 2.38. The number of carbonyl (C=O) groups is 5. The second kappa shape index (κ2) is 15.8. The molecule has 3 aromatic rings. The van der Waals surface area contributed by atoms with Gasteiger partial charge in [-0.2, -0.15) is 5.26 Å². The standard InChI is InChI=1S/C42H43ClFN9O6/c43-32-13-29(4-1-23(32)16-45)59-28-5-2-26(3-6-28)48-39(55)34-17-47-37(18-46-34)52-21-24-19-51(20-25(24)22-52)27-9-11-50(12-10-27)36-15-31-30(14-33(36)44)41(57)53(42(31)58)35-7-8-38(54)49-40(35)56/h1,4,13-15,17-18,24-28,35H,2-3,5-12,19-22H2,(H,48,55)(H,49,54,56). The summed E-state index contributed by atoms with van der Waals surface area (Å²) < 4.78 is 21.6. The predicted octanol–water partition coefficient (Wildman–Crippen LogP) is 3.70. The van der Waals surface area contributed by atoms with Crippen LogP contribution in [0, 0.1) is 29.0 Å². The van der Waals surface area contributed by atoms with E-state index in [1.807, 2.05) is 11.0 Å². The molecule has 0 spiro atoms. The topological polar surface area (TPSA) is 181 Å². The smallest absolute Gasteiger partial charge is 0.271 e. The van der Waals surface area contributed by atoms with E-state index in [2.05, 4.69) is 30.4 Å². The first-order valence-electron chi connectivity index (χ1n) is 20.3. The van der Waals surface area contributed by atoms with Crippen molar-refractivity contribution in [1.82, 2.24) is 30.4 Å². The lowest BCUT2D eigenvalue weighted by molar-refractivity contribution is -0.136. The minimum atomic E-state index is -1.10. The van der Waals surface area contributed by atoms with E-state index >= 15 is 4.39 Å². The van der Waals surface area contributed by atoms with Crippen LogP contribution in [0.4, 0.5) is 15.9 Å². The van der Waals surface area contributed by atoms with Gasteiger partial charge in [0.2, 0.25) is 11.8 Å². The highest BCUT2D eigenvalue weighted by molar-refractivity contribution is 6.31. The Bertz CT molecular complexity index is 2240. The number of amides is 5. The van der Waals surface area contributed by atoms with E-state index in [0.717, 1.165) is 81.5 Å². The van der Waals surface area contributed by atoms with Crippen molar-refractivity contribution < 1.29 is 33.1 Å². The SMILES string of the molecule is N#Cc1ccc(OC2CCC(NC(=O)c3cnc(N4CC5CN(C6CCN(c7cc8c(cc7F)C(=O)N(C7CCC(=O)NC7=O)C8=O)CC6)CC5C4)cn3)CC2)cc1Cl. The van der Waals surface area contributed by atoms with Gasteiger partial charge in [-0.3, -0.25) is 39.1 Å². The fourth-order valence-electron chi connectivity index (χ4n) is 9.75. The third-order valence-corrected chi connectivity index (χ3v) is 13.2. The van der Waals surface area contributed by atoms with Crippen LogP contribution in [-0.2, 0) is 9.59 Å². The molecule has 0 radical (unpaired) electrons. The Morgan fingerprint density at radius 1 is 0.881 bits per heavy atom. The minimum absolute atomic E-state index is 0.00594. The Kier molecular flexibility index (Phi) is 10.4. The zero-order valence-electron chi connectivity index (χ0n) is 32.2. The quantitative estimate of drug-likeness (QED) is 0.315. The highest BCUT2D eigenvalue weighted by Gasteiger charge is 2.46. The maximum atomic E-state index is 15.5. The van der Waals surface area contributed by atoms with E-state index in [1.54, 1.807) is 30.6 Å². The van der Waals surface area contributed by atoms with Gasteiger partial charge in [0, 0.05) is 63.8 Å². The molecule has 1 aromatic heterocycles. The van der Waals surface area contributed by atoms with Gasteiger partial charge in [-0.05, 0) is 81.0 Å². The van der Waals surface area contributed by atoms with E-state index < -0.39 is 35.5 Å². The first-order chi connectivity index (χ1) is 28.5. The number of rotatable bonds is 8. The average molecular weight is 824 g/mol. The number of nitriles is 1. The van der Waals surface area contributed by atoms with E-state index in [0.29, 0.717) is 47.3 Å². The lowest BCUT2D eigenvalue weighted by Gasteiger charge is -2.38. The summed E-state index contributed by atoms with van der Waals surface area (Å²) in [6, 6.07) is 8.91. The van der Waals surface area contributed by atoms with Crippen molar-refractivity contribution >= 4 is 52.6 Å². The number of carbonyl (C=O) groups excluding carboxylic acids is 5. The number of aromatic nitrogens is 2. The van der Waals surface area contributed by atoms with Crippen molar-refractivity contribution in [3.63, 3.8) is 0 Å². The van der Waals surface area contributed by atoms with Gasteiger partial charge < -0.3 is 19.9 Å². The number of nitrogens with zero attached hydrogens (tertiary/aromatic N) is 7. The number of nitrogens with one attached hydrogen (secondary N) is 2. The molecule has 4 saturated heterocycles. The lowest BCUT2D eigenvalue weighted by atomic mass is 9.93. The molecule has 2 aromatic carbocycles. The molecule has 17 heteroatoms. The van der Waals surface area contributed by atoms with Crippen LogP contribution >= 0.6 is 11.6 Å². The Morgan fingerprint density at radius 3 is 2.24 bits per heavy atom. The van der Waals surface area contributed by atoms with Crippen LogP contribution in [0.1, 0.15) is 88.1 Å². The molecule has 0 bridgehead atoms. The fraction of sp³-hybridized carbons (Fsp3) is 0.476. The molecule has 9 rings (SSSR count). The maximum Gasteiger partial charge on any atom is 0.271 e. The van der Waals surface area contributed by atoms with E-state index in [-0.39, 0.29) is 53.4 Å². The molecule has 6 heterocycles. The minimum Gasteiger partial charge on any atom is -0.490 e. The van der Waals surface area contributed by atoms with Gasteiger partial charge in [0.05, 0.1) is 45.9 Å². The summed E-state index contributed by atoms with van der Waals surface area (Å²) in [5.74, 6) is -1.03. The second-order valence-corrected chi connectivity index (χ2v) is 16.9. The first kappa shape index (κ1) is 38.8. The number of anilines is 2. The highest BCUT2D eigenvalue weighted by atomic mass is 35.5. The van der Waals surface area contributed by atoms with Gasteiger partial charge in [-0.25, -0.2) is 14.4 Å². The summed E-state index contributed by atoms with van der Waals surface area (Å²) in [5, 5.41) is 14.7. The summed E-state index contributed by atoms with van der Waals surface area (Å²) in [4.78, 5) is 80.3. The molecule has 1 aliphatic carbocycles. The molecular formula is C42H43ClFN9O6. The number of benzene rings is 2. The first-order valence-corrected chi connectivity index (χ1v) is 20.7. The molecule has 15 nitrogen and oxygen atoms in total. The zero-order valence-corrected chi connectivity index (χ0v) is 33.0. The van der Waals surface area contributed by atoms with Crippen LogP contribution in [0.25, 0.3) is 0 Å². The van der Waals surface area contributed by atoms with Gasteiger partial charge in [-0.15, -0.1) is 0 Å². The fourth-order valence-corrected chi connectivity index (χ4v) is 9.96. The number of imide groups is 2. The maximum absolute atomic E-state index is 15.5. The number of halogens is 2. The molecule has 59 heavy (non-hydrogen) atoms. The van der Waals surface area contributed by atoms with Gasteiger partial charge >= 0.3 is 0 Å². The summed E-state index contributed by atoms with van der Waals surface area (Å²) in [6.45, 7) is 4.80. The van der Waals surface area contributed by atoms with Crippen molar-refractivity contribution in [2.24, 2.45) is 11.8 Å². The Balaban J connectivity index is 0.728. The zero-order chi connectivity index (χ0) is 40.9. The van der Waals surface area contributed by atoms with Gasteiger partial charge in [0.25, 0.3) is 17.7 Å².